The predicted octanol–water partition coefficient (Wildman–Crippen LogP) is 3.73. The van der Waals surface area contributed by atoms with Crippen LogP contribution in [0.15, 0.2) is 48.5 Å². The highest BCUT2D eigenvalue weighted by molar-refractivity contribution is 5.96. The molecule has 1 unspecified atom stereocenters. The van der Waals surface area contributed by atoms with Crippen molar-refractivity contribution >= 4 is 11.8 Å². The van der Waals surface area contributed by atoms with Crippen LogP contribution in [0, 0.1) is 5.82 Å². The van der Waals surface area contributed by atoms with Gasteiger partial charge in [0.15, 0.2) is 0 Å². The minimum atomic E-state index is -0.322. The summed E-state index contributed by atoms with van der Waals surface area (Å²) in [6.07, 6.45) is 0. The van der Waals surface area contributed by atoms with Gasteiger partial charge in [-0.3, -0.25) is 9.59 Å². The van der Waals surface area contributed by atoms with E-state index in [-0.39, 0.29) is 35.6 Å². The van der Waals surface area contributed by atoms with Crippen LogP contribution in [0.2, 0.25) is 0 Å². The van der Waals surface area contributed by atoms with Crippen molar-refractivity contribution in [1.29, 1.82) is 0 Å². The smallest absolute Gasteiger partial charge is 0.251 e. The van der Waals surface area contributed by atoms with Crippen molar-refractivity contribution < 1.29 is 14.0 Å². The van der Waals surface area contributed by atoms with E-state index in [2.05, 4.69) is 31.4 Å². The molecule has 0 bridgehead atoms. The second-order valence-corrected chi connectivity index (χ2v) is 7.35. The molecule has 0 heterocycles. The van der Waals surface area contributed by atoms with Crippen LogP contribution in [-0.2, 0) is 10.2 Å². The molecule has 2 N–H and O–H groups in total. The zero-order valence-electron chi connectivity index (χ0n) is 15.6. The summed E-state index contributed by atoms with van der Waals surface area (Å²) < 4.78 is 12.9. The molecule has 26 heavy (non-hydrogen) atoms. The normalized spacial score (nSPS) is 12.3. The Morgan fingerprint density at radius 1 is 1.00 bits per heavy atom. The SMILES string of the molecule is CC(NC(=O)CNC(=O)c1ccc(C(C)(C)C)cc1)c1ccc(F)cc1. The van der Waals surface area contributed by atoms with E-state index in [1.54, 1.807) is 31.2 Å². The fraction of sp³-hybridized carbons (Fsp3) is 0.333. The molecule has 0 saturated heterocycles. The van der Waals surface area contributed by atoms with Gasteiger partial charge < -0.3 is 10.6 Å². The van der Waals surface area contributed by atoms with E-state index in [0.29, 0.717) is 5.56 Å². The largest absolute Gasteiger partial charge is 0.348 e. The third kappa shape index (κ3) is 5.41. The van der Waals surface area contributed by atoms with Crippen LogP contribution in [0.1, 0.15) is 55.2 Å². The average Bonchev–Trinajstić information content (AvgIpc) is 2.59. The lowest BCUT2D eigenvalue weighted by Gasteiger charge is -2.19. The molecule has 0 aliphatic heterocycles. The van der Waals surface area contributed by atoms with E-state index >= 15 is 0 Å². The molecule has 0 fully saturated rings. The standard InChI is InChI=1S/C21H25FN2O2/c1-14(15-7-11-18(22)12-8-15)24-19(25)13-23-20(26)16-5-9-17(10-6-16)21(2,3)4/h5-12,14H,13H2,1-4H3,(H,23,26)(H,24,25). The van der Waals surface area contributed by atoms with Gasteiger partial charge in [0.1, 0.15) is 5.82 Å². The number of carbonyl (C=O) groups excluding carboxylic acids is 2. The van der Waals surface area contributed by atoms with E-state index in [0.717, 1.165) is 11.1 Å². The number of carbonyl (C=O) groups is 2. The van der Waals surface area contributed by atoms with Gasteiger partial charge in [-0.2, -0.15) is 0 Å². The minimum absolute atomic E-state index is 0.0192. The minimum Gasteiger partial charge on any atom is -0.348 e. The highest BCUT2D eigenvalue weighted by Crippen LogP contribution is 2.22. The lowest BCUT2D eigenvalue weighted by Crippen LogP contribution is -2.38. The molecule has 2 aromatic carbocycles. The molecular weight excluding hydrogens is 331 g/mol. The molecule has 0 aliphatic rings. The van der Waals surface area contributed by atoms with Gasteiger partial charge >= 0.3 is 0 Å². The highest BCUT2D eigenvalue weighted by Gasteiger charge is 2.15. The van der Waals surface area contributed by atoms with E-state index in [4.69, 9.17) is 0 Å². The maximum atomic E-state index is 12.9. The van der Waals surface area contributed by atoms with Gasteiger partial charge in [0, 0.05) is 5.56 Å². The molecule has 0 saturated carbocycles. The summed E-state index contributed by atoms with van der Waals surface area (Å²) in [4.78, 5) is 24.2. The summed E-state index contributed by atoms with van der Waals surface area (Å²) >= 11 is 0. The Kier molecular flexibility index (Phi) is 6.14. The Bertz CT molecular complexity index is 762. The van der Waals surface area contributed by atoms with Gasteiger partial charge in [-0.1, -0.05) is 45.0 Å². The number of benzene rings is 2. The van der Waals surface area contributed by atoms with Crippen molar-refractivity contribution in [2.45, 2.75) is 39.2 Å². The first-order valence-corrected chi connectivity index (χ1v) is 8.60. The van der Waals surface area contributed by atoms with Gasteiger partial charge in [-0.25, -0.2) is 4.39 Å². The molecule has 5 heteroatoms. The van der Waals surface area contributed by atoms with E-state index < -0.39 is 0 Å². The monoisotopic (exact) mass is 356 g/mol. The Morgan fingerprint density at radius 3 is 2.12 bits per heavy atom. The second-order valence-electron chi connectivity index (χ2n) is 7.35. The van der Waals surface area contributed by atoms with Crippen LogP contribution >= 0.6 is 0 Å². The second kappa shape index (κ2) is 8.13. The van der Waals surface area contributed by atoms with Crippen LogP contribution in [0.25, 0.3) is 0 Å². The topological polar surface area (TPSA) is 58.2 Å². The zero-order chi connectivity index (χ0) is 19.3. The van der Waals surface area contributed by atoms with Gasteiger partial charge in [0.2, 0.25) is 5.91 Å². The molecule has 1 atom stereocenters. The van der Waals surface area contributed by atoms with Crippen LogP contribution in [0.3, 0.4) is 0 Å². The quantitative estimate of drug-likeness (QED) is 0.858. The third-order valence-corrected chi connectivity index (χ3v) is 4.17. The van der Waals surface area contributed by atoms with E-state index in [1.165, 1.54) is 12.1 Å². The molecular formula is C21H25FN2O2. The predicted molar refractivity (Wildman–Crippen MR) is 100 cm³/mol. The first kappa shape index (κ1) is 19.6. The fourth-order valence-electron chi connectivity index (χ4n) is 2.51. The van der Waals surface area contributed by atoms with Crippen LogP contribution in [0.4, 0.5) is 4.39 Å². The molecule has 0 radical (unpaired) electrons. The van der Waals surface area contributed by atoms with E-state index in [1.807, 2.05) is 12.1 Å². The summed E-state index contributed by atoms with van der Waals surface area (Å²) in [6.45, 7) is 8.00. The van der Waals surface area contributed by atoms with Crippen molar-refractivity contribution in [1.82, 2.24) is 10.6 Å². The van der Waals surface area contributed by atoms with Crippen LogP contribution in [-0.4, -0.2) is 18.4 Å². The summed E-state index contributed by atoms with van der Waals surface area (Å²) in [5, 5.41) is 5.39. The van der Waals surface area contributed by atoms with Gasteiger partial charge in [-0.15, -0.1) is 0 Å². The number of rotatable bonds is 5. The highest BCUT2D eigenvalue weighted by atomic mass is 19.1. The molecule has 4 nitrogen and oxygen atoms in total. The lowest BCUT2D eigenvalue weighted by atomic mass is 9.87. The molecule has 0 spiro atoms. The van der Waals surface area contributed by atoms with Crippen LogP contribution in [0.5, 0.6) is 0 Å². The third-order valence-electron chi connectivity index (χ3n) is 4.17. The molecule has 0 aromatic heterocycles. The van der Waals surface area contributed by atoms with Crippen molar-refractivity contribution in [3.05, 3.63) is 71.0 Å². The van der Waals surface area contributed by atoms with Crippen molar-refractivity contribution in [2.75, 3.05) is 6.54 Å². The summed E-state index contributed by atoms with van der Waals surface area (Å²) in [5.41, 5.74) is 2.46. The lowest BCUT2D eigenvalue weighted by molar-refractivity contribution is -0.120. The van der Waals surface area contributed by atoms with Crippen molar-refractivity contribution in [3.63, 3.8) is 0 Å². The van der Waals surface area contributed by atoms with Crippen LogP contribution < -0.4 is 10.6 Å². The first-order valence-electron chi connectivity index (χ1n) is 8.60. The Morgan fingerprint density at radius 2 is 1.58 bits per heavy atom. The van der Waals surface area contributed by atoms with Gasteiger partial charge in [-0.05, 0) is 47.7 Å². The number of halogens is 1. The maximum absolute atomic E-state index is 12.9. The molecule has 0 aliphatic carbocycles. The van der Waals surface area contributed by atoms with Gasteiger partial charge in [0.25, 0.3) is 5.91 Å². The number of amides is 2. The number of nitrogens with one attached hydrogen (secondary N) is 2. The average molecular weight is 356 g/mol. The molecule has 2 rings (SSSR count). The zero-order valence-corrected chi connectivity index (χ0v) is 15.6. The Hall–Kier alpha value is -2.69. The molecule has 138 valence electrons. The molecule has 2 aromatic rings. The maximum Gasteiger partial charge on any atom is 0.251 e. The summed E-state index contributed by atoms with van der Waals surface area (Å²) in [5.74, 6) is -0.923. The van der Waals surface area contributed by atoms with Crippen molar-refractivity contribution in [2.24, 2.45) is 0 Å². The Balaban J connectivity index is 1.86. The Labute approximate surface area is 153 Å². The van der Waals surface area contributed by atoms with Gasteiger partial charge in [0.05, 0.1) is 12.6 Å². The number of hydrogen-bond donors (Lipinski definition) is 2. The number of hydrogen-bond acceptors (Lipinski definition) is 2. The summed E-state index contributed by atoms with van der Waals surface area (Å²) in [7, 11) is 0. The fourth-order valence-corrected chi connectivity index (χ4v) is 2.51. The van der Waals surface area contributed by atoms with E-state index in [9.17, 15) is 14.0 Å². The van der Waals surface area contributed by atoms with Crippen molar-refractivity contribution in [3.8, 4) is 0 Å². The molecule has 2 amide bonds. The first-order chi connectivity index (χ1) is 12.2. The summed E-state index contributed by atoms with van der Waals surface area (Å²) in [6, 6.07) is 13.0.